The summed E-state index contributed by atoms with van der Waals surface area (Å²) in [6, 6.07) is 13.7. The van der Waals surface area contributed by atoms with Gasteiger partial charge in [-0.2, -0.15) is 0 Å². The van der Waals surface area contributed by atoms with Crippen LogP contribution in [0.4, 0.5) is 5.69 Å². The van der Waals surface area contributed by atoms with E-state index in [1.54, 1.807) is 6.07 Å². The van der Waals surface area contributed by atoms with Crippen molar-refractivity contribution in [3.05, 3.63) is 51.1 Å². The molecule has 0 aliphatic carbocycles. The Kier molecular flexibility index (Phi) is 3.17. The summed E-state index contributed by atoms with van der Waals surface area (Å²) < 4.78 is 1.18. The van der Waals surface area contributed by atoms with E-state index in [1.165, 1.54) is 3.57 Å². The van der Waals surface area contributed by atoms with Crippen molar-refractivity contribution in [1.29, 1.82) is 0 Å². The Balaban J connectivity index is 2.58. The molecular weight excluding hydrogens is 320 g/mol. The van der Waals surface area contributed by atoms with Gasteiger partial charge in [-0.3, -0.25) is 0 Å². The quantitative estimate of drug-likeness (QED) is 0.616. The zero-order valence-corrected chi connectivity index (χ0v) is 10.8. The molecule has 0 atom stereocenters. The van der Waals surface area contributed by atoms with Crippen molar-refractivity contribution in [3.8, 4) is 11.1 Å². The maximum absolute atomic E-state index is 5.95. The molecule has 2 aromatic rings. The van der Waals surface area contributed by atoms with Crippen molar-refractivity contribution < 1.29 is 0 Å². The molecule has 0 aromatic heterocycles. The number of hydrogen-bond acceptors (Lipinski definition) is 1. The molecular formula is C12H9ClIN. The Morgan fingerprint density at radius 1 is 1.07 bits per heavy atom. The van der Waals surface area contributed by atoms with Gasteiger partial charge in [0.05, 0.1) is 0 Å². The van der Waals surface area contributed by atoms with E-state index in [2.05, 4.69) is 28.7 Å². The number of halogens is 2. The van der Waals surface area contributed by atoms with Gasteiger partial charge in [0.2, 0.25) is 0 Å². The molecule has 2 aromatic carbocycles. The maximum atomic E-state index is 5.95. The lowest BCUT2D eigenvalue weighted by Gasteiger charge is -2.06. The Morgan fingerprint density at radius 3 is 2.60 bits per heavy atom. The molecule has 2 rings (SSSR count). The third-order valence-electron chi connectivity index (χ3n) is 2.15. The summed E-state index contributed by atoms with van der Waals surface area (Å²) in [4.78, 5) is 0. The molecule has 0 aliphatic rings. The van der Waals surface area contributed by atoms with Crippen molar-refractivity contribution in [1.82, 2.24) is 0 Å². The van der Waals surface area contributed by atoms with Crippen LogP contribution in [-0.4, -0.2) is 0 Å². The Bertz CT molecular complexity index is 497. The molecule has 0 heterocycles. The van der Waals surface area contributed by atoms with Crippen LogP contribution >= 0.6 is 34.2 Å². The first-order chi connectivity index (χ1) is 7.16. The molecule has 2 N–H and O–H groups in total. The number of benzene rings is 2. The number of nitrogen functional groups attached to an aromatic ring is 1. The summed E-state index contributed by atoms with van der Waals surface area (Å²) in [7, 11) is 0. The van der Waals surface area contributed by atoms with Crippen LogP contribution in [0.15, 0.2) is 42.5 Å². The van der Waals surface area contributed by atoms with E-state index in [0.29, 0.717) is 5.02 Å². The summed E-state index contributed by atoms with van der Waals surface area (Å²) in [5, 5.41) is 0.707. The van der Waals surface area contributed by atoms with E-state index in [1.807, 2.05) is 30.3 Å². The lowest BCUT2D eigenvalue weighted by Crippen LogP contribution is -1.89. The molecule has 76 valence electrons. The first kappa shape index (κ1) is 10.8. The highest BCUT2D eigenvalue weighted by Crippen LogP contribution is 2.29. The van der Waals surface area contributed by atoms with Crippen molar-refractivity contribution in [3.63, 3.8) is 0 Å². The van der Waals surface area contributed by atoms with E-state index < -0.39 is 0 Å². The lowest BCUT2D eigenvalue weighted by atomic mass is 10.0. The van der Waals surface area contributed by atoms with Crippen LogP contribution in [0.5, 0.6) is 0 Å². The van der Waals surface area contributed by atoms with Gasteiger partial charge in [-0.1, -0.05) is 23.7 Å². The van der Waals surface area contributed by atoms with Gasteiger partial charge >= 0.3 is 0 Å². The predicted octanol–water partition coefficient (Wildman–Crippen LogP) is 4.19. The minimum absolute atomic E-state index is 0.707. The van der Waals surface area contributed by atoms with Crippen molar-refractivity contribution in [2.75, 3.05) is 5.73 Å². The Morgan fingerprint density at radius 2 is 1.87 bits per heavy atom. The van der Waals surface area contributed by atoms with Gasteiger partial charge < -0.3 is 5.73 Å². The molecule has 0 saturated heterocycles. The fraction of sp³-hybridized carbons (Fsp3) is 0. The standard InChI is InChI=1S/C12H9ClIN/c13-9-4-5-12(15)11(7-9)8-2-1-3-10(14)6-8/h1-7H,15H2. The third kappa shape index (κ3) is 2.44. The van der Waals surface area contributed by atoms with Crippen molar-refractivity contribution in [2.24, 2.45) is 0 Å². The van der Waals surface area contributed by atoms with E-state index in [0.717, 1.165) is 16.8 Å². The van der Waals surface area contributed by atoms with Gasteiger partial charge in [-0.15, -0.1) is 0 Å². The van der Waals surface area contributed by atoms with Gasteiger partial charge in [-0.25, -0.2) is 0 Å². The second-order valence-electron chi connectivity index (χ2n) is 3.24. The molecule has 0 radical (unpaired) electrons. The van der Waals surface area contributed by atoms with Crippen molar-refractivity contribution >= 4 is 39.9 Å². The van der Waals surface area contributed by atoms with E-state index in [-0.39, 0.29) is 0 Å². The smallest absolute Gasteiger partial charge is 0.0413 e. The third-order valence-corrected chi connectivity index (χ3v) is 3.06. The molecule has 0 fully saturated rings. The van der Waals surface area contributed by atoms with Crippen LogP contribution in [0.3, 0.4) is 0 Å². The first-order valence-corrected chi connectivity index (χ1v) is 5.93. The van der Waals surface area contributed by atoms with E-state index >= 15 is 0 Å². The second-order valence-corrected chi connectivity index (χ2v) is 4.92. The van der Waals surface area contributed by atoms with Gasteiger partial charge in [0.15, 0.2) is 0 Å². The molecule has 0 bridgehead atoms. The van der Waals surface area contributed by atoms with Crippen molar-refractivity contribution in [2.45, 2.75) is 0 Å². The highest BCUT2D eigenvalue weighted by molar-refractivity contribution is 14.1. The minimum atomic E-state index is 0.707. The summed E-state index contributed by atoms with van der Waals surface area (Å²) in [5.41, 5.74) is 8.75. The van der Waals surface area contributed by atoms with E-state index in [4.69, 9.17) is 17.3 Å². The van der Waals surface area contributed by atoms with Crippen LogP contribution in [0.25, 0.3) is 11.1 Å². The Hall–Kier alpha value is -0.740. The average Bonchev–Trinajstić information content (AvgIpc) is 2.22. The van der Waals surface area contributed by atoms with Crippen LogP contribution < -0.4 is 5.73 Å². The summed E-state index contributed by atoms with van der Waals surface area (Å²) in [6.45, 7) is 0. The van der Waals surface area contributed by atoms with E-state index in [9.17, 15) is 0 Å². The molecule has 0 amide bonds. The van der Waals surface area contributed by atoms with Gasteiger partial charge in [0.1, 0.15) is 0 Å². The summed E-state index contributed by atoms with van der Waals surface area (Å²) in [5.74, 6) is 0. The molecule has 0 spiro atoms. The number of hydrogen-bond donors (Lipinski definition) is 1. The fourth-order valence-electron chi connectivity index (χ4n) is 1.43. The zero-order chi connectivity index (χ0) is 10.8. The van der Waals surface area contributed by atoms with Gasteiger partial charge in [-0.05, 0) is 58.5 Å². The number of rotatable bonds is 1. The normalized spacial score (nSPS) is 10.3. The SMILES string of the molecule is Nc1ccc(Cl)cc1-c1cccc(I)c1. The number of nitrogens with two attached hydrogens (primary N) is 1. The summed E-state index contributed by atoms with van der Waals surface area (Å²) in [6.07, 6.45) is 0. The average molecular weight is 330 g/mol. The largest absolute Gasteiger partial charge is 0.398 e. The second kappa shape index (κ2) is 4.41. The highest BCUT2D eigenvalue weighted by atomic mass is 127. The zero-order valence-electron chi connectivity index (χ0n) is 7.87. The van der Waals surface area contributed by atoms with Crippen LogP contribution in [0.1, 0.15) is 0 Å². The summed E-state index contributed by atoms with van der Waals surface area (Å²) >= 11 is 8.23. The van der Waals surface area contributed by atoms with Gasteiger partial charge in [0, 0.05) is 19.8 Å². The number of anilines is 1. The fourth-order valence-corrected chi connectivity index (χ4v) is 2.15. The first-order valence-electron chi connectivity index (χ1n) is 4.48. The molecule has 1 nitrogen and oxygen atoms in total. The minimum Gasteiger partial charge on any atom is -0.398 e. The lowest BCUT2D eigenvalue weighted by molar-refractivity contribution is 1.58. The Labute approximate surface area is 107 Å². The van der Waals surface area contributed by atoms with Crippen LogP contribution in [0, 0.1) is 3.57 Å². The predicted molar refractivity (Wildman–Crippen MR) is 74.0 cm³/mol. The molecule has 0 saturated carbocycles. The van der Waals surface area contributed by atoms with Crippen LogP contribution in [0.2, 0.25) is 5.02 Å². The monoisotopic (exact) mass is 329 g/mol. The molecule has 3 heteroatoms. The maximum Gasteiger partial charge on any atom is 0.0413 e. The molecule has 15 heavy (non-hydrogen) atoms. The molecule has 0 aliphatic heterocycles. The van der Waals surface area contributed by atoms with Gasteiger partial charge in [0.25, 0.3) is 0 Å². The topological polar surface area (TPSA) is 26.0 Å². The molecule has 0 unspecified atom stereocenters. The highest BCUT2D eigenvalue weighted by Gasteiger charge is 2.03. The van der Waals surface area contributed by atoms with Crippen LogP contribution in [-0.2, 0) is 0 Å².